The van der Waals surface area contributed by atoms with Crippen LogP contribution in [0.3, 0.4) is 0 Å². The van der Waals surface area contributed by atoms with Crippen molar-refractivity contribution in [2.45, 2.75) is 19.6 Å². The lowest BCUT2D eigenvalue weighted by Gasteiger charge is -2.29. The van der Waals surface area contributed by atoms with Crippen molar-refractivity contribution in [3.63, 3.8) is 0 Å². The maximum absolute atomic E-state index is 14.0. The average Bonchev–Trinajstić information content (AvgIpc) is 3.40. The first-order valence-corrected chi connectivity index (χ1v) is 11.9. The van der Waals surface area contributed by atoms with Crippen LogP contribution in [0.15, 0.2) is 84.3 Å². The predicted octanol–water partition coefficient (Wildman–Crippen LogP) is 4.94. The summed E-state index contributed by atoms with van der Waals surface area (Å²) in [6, 6.07) is 18.4. The van der Waals surface area contributed by atoms with Crippen LogP contribution in [0.2, 0.25) is 0 Å². The van der Waals surface area contributed by atoms with Gasteiger partial charge in [0.1, 0.15) is 42.0 Å². The molecule has 5 rings (SSSR count). The third-order valence-electron chi connectivity index (χ3n) is 6.24. The zero-order chi connectivity index (χ0) is 26.6. The number of methoxy groups -OCH3 is 2. The minimum absolute atomic E-state index is 0.0988. The molecule has 0 radical (unpaired) electrons. The lowest BCUT2D eigenvalue weighted by molar-refractivity contribution is -0.113. The van der Waals surface area contributed by atoms with Gasteiger partial charge in [-0.3, -0.25) is 4.79 Å². The van der Waals surface area contributed by atoms with Gasteiger partial charge in [-0.2, -0.15) is 10.1 Å². The number of benzene rings is 3. The Morgan fingerprint density at radius 2 is 1.82 bits per heavy atom. The van der Waals surface area contributed by atoms with E-state index in [2.05, 4.69) is 20.7 Å². The number of fused-ring (bicyclic) bond motifs is 1. The maximum Gasteiger partial charge on any atom is 0.255 e. The summed E-state index contributed by atoms with van der Waals surface area (Å²) in [5.74, 6) is 1.50. The molecule has 1 aliphatic heterocycles. The molecule has 0 saturated heterocycles. The zero-order valence-electron chi connectivity index (χ0n) is 21.1. The summed E-state index contributed by atoms with van der Waals surface area (Å²) in [4.78, 5) is 18.0. The topological polar surface area (TPSA) is 99.5 Å². The Morgan fingerprint density at radius 1 is 1.05 bits per heavy atom. The Morgan fingerprint density at radius 3 is 2.55 bits per heavy atom. The van der Waals surface area contributed by atoms with Crippen LogP contribution < -0.4 is 24.8 Å². The number of halogens is 1. The Balaban J connectivity index is 1.43. The third kappa shape index (κ3) is 4.88. The van der Waals surface area contributed by atoms with Crippen molar-refractivity contribution in [1.82, 2.24) is 14.8 Å². The van der Waals surface area contributed by atoms with Crippen LogP contribution in [0.25, 0.3) is 0 Å². The van der Waals surface area contributed by atoms with E-state index in [4.69, 9.17) is 14.2 Å². The van der Waals surface area contributed by atoms with Gasteiger partial charge in [0, 0.05) is 17.3 Å². The number of ether oxygens (including phenoxy) is 3. The molecule has 0 spiro atoms. The Bertz CT molecular complexity index is 1500. The maximum atomic E-state index is 14.0. The molecule has 2 N–H and O–H groups in total. The second kappa shape index (κ2) is 10.6. The summed E-state index contributed by atoms with van der Waals surface area (Å²) in [6.45, 7) is 1.91. The summed E-state index contributed by atoms with van der Waals surface area (Å²) in [5, 5.41) is 10.5. The minimum atomic E-state index is -0.564. The molecule has 3 aromatic carbocycles. The Kier molecular flexibility index (Phi) is 6.94. The Hall–Kier alpha value is -4.86. The molecule has 38 heavy (non-hydrogen) atoms. The molecule has 194 valence electrons. The number of anilines is 2. The number of amides is 1. The van der Waals surface area contributed by atoms with E-state index in [1.165, 1.54) is 19.5 Å². The number of aromatic nitrogens is 3. The molecular formula is C28H26FN5O4. The van der Waals surface area contributed by atoms with E-state index in [-0.39, 0.29) is 18.3 Å². The van der Waals surface area contributed by atoms with Gasteiger partial charge >= 0.3 is 0 Å². The van der Waals surface area contributed by atoms with Gasteiger partial charge in [0.05, 0.1) is 25.5 Å². The number of allylic oxidation sites excluding steroid dienone is 1. The fourth-order valence-electron chi connectivity index (χ4n) is 4.32. The quantitative estimate of drug-likeness (QED) is 0.343. The highest BCUT2D eigenvalue weighted by molar-refractivity contribution is 6.06. The van der Waals surface area contributed by atoms with E-state index in [0.29, 0.717) is 45.7 Å². The molecule has 0 bridgehead atoms. The molecule has 1 atom stereocenters. The van der Waals surface area contributed by atoms with E-state index >= 15 is 0 Å². The van der Waals surface area contributed by atoms with Gasteiger partial charge in [-0.1, -0.05) is 30.3 Å². The predicted molar refractivity (Wildman–Crippen MR) is 140 cm³/mol. The van der Waals surface area contributed by atoms with Gasteiger partial charge in [-0.05, 0) is 42.8 Å². The van der Waals surface area contributed by atoms with Crippen LogP contribution in [0.1, 0.15) is 24.1 Å². The number of hydrogen-bond donors (Lipinski definition) is 2. The van der Waals surface area contributed by atoms with Crippen molar-refractivity contribution in [1.29, 1.82) is 0 Å². The van der Waals surface area contributed by atoms with Crippen LogP contribution in [-0.2, 0) is 11.4 Å². The van der Waals surface area contributed by atoms with E-state index in [1.54, 1.807) is 60.3 Å². The van der Waals surface area contributed by atoms with Crippen LogP contribution in [0, 0.1) is 5.82 Å². The third-order valence-corrected chi connectivity index (χ3v) is 6.24. The first-order valence-electron chi connectivity index (χ1n) is 11.9. The number of carbonyl (C=O) groups excluding carboxylic acids is 1. The molecular weight excluding hydrogens is 489 g/mol. The minimum Gasteiger partial charge on any atom is -0.497 e. The number of rotatable bonds is 8. The molecule has 2 heterocycles. The smallest absolute Gasteiger partial charge is 0.255 e. The number of nitrogens with one attached hydrogen (secondary N) is 2. The molecule has 10 heteroatoms. The second-order valence-corrected chi connectivity index (χ2v) is 8.56. The lowest BCUT2D eigenvalue weighted by Crippen LogP contribution is -2.31. The van der Waals surface area contributed by atoms with Crippen molar-refractivity contribution in [3.05, 3.63) is 101 Å². The summed E-state index contributed by atoms with van der Waals surface area (Å²) in [6.07, 6.45) is 1.43. The number of nitrogens with zero attached hydrogens (tertiary/aromatic N) is 3. The van der Waals surface area contributed by atoms with Crippen molar-refractivity contribution < 1.29 is 23.4 Å². The highest BCUT2D eigenvalue weighted by atomic mass is 19.1. The fraction of sp³-hybridized carbons (Fsp3) is 0.179. The van der Waals surface area contributed by atoms with Gasteiger partial charge in [0.15, 0.2) is 0 Å². The summed E-state index contributed by atoms with van der Waals surface area (Å²) in [7, 11) is 3.08. The Labute approximate surface area is 218 Å². The fourth-order valence-corrected chi connectivity index (χ4v) is 4.32. The summed E-state index contributed by atoms with van der Waals surface area (Å²) < 4.78 is 32.1. The standard InChI is InChI=1S/C28H26FN5O4/c1-17-25(27(35)33-23-14-21(36-2)12-13-24(23)37-3)26(34-28(32-17)30-16-31-34)18-8-10-20(11-9-18)38-15-19-6-4-5-7-22(19)29/h4-14,16,26H,15H2,1-3H3,(H,33,35)(H,30,31,32)/t26-/m1/s1. The van der Waals surface area contributed by atoms with Crippen molar-refractivity contribution in [2.24, 2.45) is 0 Å². The van der Waals surface area contributed by atoms with Crippen LogP contribution >= 0.6 is 0 Å². The van der Waals surface area contributed by atoms with Crippen molar-refractivity contribution in [2.75, 3.05) is 24.9 Å². The molecule has 1 amide bonds. The van der Waals surface area contributed by atoms with Crippen LogP contribution in [0.4, 0.5) is 16.0 Å². The van der Waals surface area contributed by atoms with Crippen LogP contribution in [-0.4, -0.2) is 34.9 Å². The molecule has 4 aromatic rings. The molecule has 1 aromatic heterocycles. The highest BCUT2D eigenvalue weighted by Gasteiger charge is 2.33. The largest absolute Gasteiger partial charge is 0.497 e. The number of hydrogen-bond acceptors (Lipinski definition) is 7. The van der Waals surface area contributed by atoms with Gasteiger partial charge < -0.3 is 24.8 Å². The molecule has 0 unspecified atom stereocenters. The molecule has 0 aliphatic carbocycles. The SMILES string of the molecule is COc1ccc(OC)c(NC(=O)C2=C(C)Nc3ncnn3[C@@H]2c2ccc(OCc3ccccc3F)cc2)c1. The second-order valence-electron chi connectivity index (χ2n) is 8.56. The van der Waals surface area contributed by atoms with E-state index in [9.17, 15) is 9.18 Å². The summed E-state index contributed by atoms with van der Waals surface area (Å²) >= 11 is 0. The van der Waals surface area contributed by atoms with Gasteiger partial charge in [-0.25, -0.2) is 9.07 Å². The lowest BCUT2D eigenvalue weighted by atomic mass is 9.95. The van der Waals surface area contributed by atoms with Gasteiger partial charge in [0.2, 0.25) is 5.95 Å². The number of carbonyl (C=O) groups is 1. The average molecular weight is 516 g/mol. The van der Waals surface area contributed by atoms with E-state index in [1.807, 2.05) is 19.1 Å². The molecule has 0 saturated carbocycles. The van der Waals surface area contributed by atoms with Crippen molar-refractivity contribution >= 4 is 17.5 Å². The monoisotopic (exact) mass is 515 g/mol. The molecule has 1 aliphatic rings. The van der Waals surface area contributed by atoms with E-state index < -0.39 is 6.04 Å². The highest BCUT2D eigenvalue weighted by Crippen LogP contribution is 2.37. The first kappa shape index (κ1) is 24.8. The van der Waals surface area contributed by atoms with E-state index in [0.717, 1.165) is 5.56 Å². The van der Waals surface area contributed by atoms with Crippen molar-refractivity contribution in [3.8, 4) is 17.2 Å². The molecule has 0 fully saturated rings. The van der Waals surface area contributed by atoms with Gasteiger partial charge in [0.25, 0.3) is 5.91 Å². The zero-order valence-corrected chi connectivity index (χ0v) is 21.1. The summed E-state index contributed by atoms with van der Waals surface area (Å²) in [5.41, 5.74) is 2.81. The van der Waals surface area contributed by atoms with Gasteiger partial charge in [-0.15, -0.1) is 0 Å². The molecule has 9 nitrogen and oxygen atoms in total. The normalized spacial score (nSPS) is 14.4. The van der Waals surface area contributed by atoms with Crippen LogP contribution in [0.5, 0.6) is 17.2 Å². The first-order chi connectivity index (χ1) is 18.5.